The summed E-state index contributed by atoms with van der Waals surface area (Å²) in [6.45, 7) is 3.00. The number of aryl methyl sites for hydroxylation is 1. The summed E-state index contributed by atoms with van der Waals surface area (Å²) >= 11 is 0. The second-order valence-corrected chi connectivity index (χ2v) is 6.02. The van der Waals surface area contributed by atoms with E-state index in [0.29, 0.717) is 0 Å². The number of benzene rings is 1. The molecular formula is C11H17FN2O3S. The third-order valence-corrected chi connectivity index (χ3v) is 3.89. The van der Waals surface area contributed by atoms with E-state index in [4.69, 9.17) is 10.8 Å². The van der Waals surface area contributed by atoms with Crippen LogP contribution in [0.15, 0.2) is 17.0 Å². The van der Waals surface area contributed by atoms with Gasteiger partial charge in [-0.15, -0.1) is 0 Å². The number of anilines is 1. The van der Waals surface area contributed by atoms with Gasteiger partial charge in [-0.2, -0.15) is 0 Å². The number of rotatable bonds is 5. The standard InChI is InChI=1S/C11H17FN2O3S/c1-7(6-15)5-14-18(16,17)10-4-9(13)3-8(2)11(10)12/h3-4,7,14-15H,5-6,13H2,1-2H3. The largest absolute Gasteiger partial charge is 0.399 e. The first-order valence-electron chi connectivity index (χ1n) is 5.44. The lowest BCUT2D eigenvalue weighted by Gasteiger charge is -2.12. The average molecular weight is 276 g/mol. The topological polar surface area (TPSA) is 92.4 Å². The van der Waals surface area contributed by atoms with Gasteiger partial charge in [-0.1, -0.05) is 6.92 Å². The normalized spacial score (nSPS) is 13.6. The molecule has 0 fully saturated rings. The third kappa shape index (κ3) is 3.41. The summed E-state index contributed by atoms with van der Waals surface area (Å²) < 4.78 is 39.8. The van der Waals surface area contributed by atoms with Gasteiger partial charge in [0.05, 0.1) is 0 Å². The average Bonchev–Trinajstić information content (AvgIpc) is 2.30. The predicted octanol–water partition coefficient (Wildman–Crippen LogP) is 0.623. The van der Waals surface area contributed by atoms with Crippen molar-refractivity contribution < 1.29 is 17.9 Å². The van der Waals surface area contributed by atoms with Crippen LogP contribution in [0.5, 0.6) is 0 Å². The Morgan fingerprint density at radius 3 is 2.67 bits per heavy atom. The molecule has 1 unspecified atom stereocenters. The highest BCUT2D eigenvalue weighted by Crippen LogP contribution is 2.21. The van der Waals surface area contributed by atoms with Gasteiger partial charge < -0.3 is 10.8 Å². The van der Waals surface area contributed by atoms with Gasteiger partial charge in [-0.3, -0.25) is 0 Å². The molecule has 0 amide bonds. The van der Waals surface area contributed by atoms with E-state index in [1.54, 1.807) is 6.92 Å². The smallest absolute Gasteiger partial charge is 0.243 e. The fourth-order valence-electron chi connectivity index (χ4n) is 1.35. The van der Waals surface area contributed by atoms with Gasteiger partial charge in [0.2, 0.25) is 10.0 Å². The zero-order valence-corrected chi connectivity index (χ0v) is 11.1. The number of hydrogen-bond acceptors (Lipinski definition) is 4. The lowest BCUT2D eigenvalue weighted by atomic mass is 10.2. The molecule has 0 radical (unpaired) electrons. The summed E-state index contributed by atoms with van der Waals surface area (Å²) in [6.07, 6.45) is 0. The summed E-state index contributed by atoms with van der Waals surface area (Å²) in [5, 5.41) is 8.82. The summed E-state index contributed by atoms with van der Waals surface area (Å²) in [5.74, 6) is -1.06. The van der Waals surface area contributed by atoms with E-state index in [2.05, 4.69) is 4.72 Å². The zero-order chi connectivity index (χ0) is 13.9. The van der Waals surface area contributed by atoms with Gasteiger partial charge in [0.1, 0.15) is 10.7 Å². The van der Waals surface area contributed by atoms with Gasteiger partial charge in [-0.05, 0) is 30.5 Å². The van der Waals surface area contributed by atoms with Crippen LogP contribution in [0.25, 0.3) is 0 Å². The van der Waals surface area contributed by atoms with Gasteiger partial charge >= 0.3 is 0 Å². The monoisotopic (exact) mass is 276 g/mol. The van der Waals surface area contributed by atoms with Crippen molar-refractivity contribution >= 4 is 15.7 Å². The molecule has 0 aliphatic heterocycles. The van der Waals surface area contributed by atoms with Crippen LogP contribution >= 0.6 is 0 Å². The van der Waals surface area contributed by atoms with Crippen molar-refractivity contribution in [1.29, 1.82) is 0 Å². The van der Waals surface area contributed by atoms with Crippen molar-refractivity contribution in [3.05, 3.63) is 23.5 Å². The minimum absolute atomic E-state index is 0.0338. The molecular weight excluding hydrogens is 259 g/mol. The van der Waals surface area contributed by atoms with Crippen molar-refractivity contribution in [2.75, 3.05) is 18.9 Å². The Morgan fingerprint density at radius 2 is 2.11 bits per heavy atom. The molecule has 4 N–H and O–H groups in total. The van der Waals surface area contributed by atoms with Crippen molar-refractivity contribution in [3.8, 4) is 0 Å². The number of aliphatic hydroxyl groups excluding tert-OH is 1. The van der Waals surface area contributed by atoms with Crippen LogP contribution in [-0.2, 0) is 10.0 Å². The van der Waals surface area contributed by atoms with E-state index in [-0.39, 0.29) is 30.3 Å². The Labute approximate surface area is 106 Å². The first-order valence-corrected chi connectivity index (χ1v) is 6.92. The quantitative estimate of drug-likeness (QED) is 0.687. The summed E-state index contributed by atoms with van der Waals surface area (Å²) in [4.78, 5) is -0.467. The summed E-state index contributed by atoms with van der Waals surface area (Å²) in [6, 6.07) is 2.44. The van der Waals surface area contributed by atoms with E-state index in [9.17, 15) is 12.8 Å². The van der Waals surface area contributed by atoms with Crippen LogP contribution in [0.3, 0.4) is 0 Å². The Bertz CT molecular complexity index is 531. The van der Waals surface area contributed by atoms with Crippen LogP contribution in [-0.4, -0.2) is 26.7 Å². The lowest BCUT2D eigenvalue weighted by molar-refractivity contribution is 0.238. The molecule has 1 rings (SSSR count). The van der Waals surface area contributed by atoms with E-state index < -0.39 is 20.7 Å². The molecule has 0 saturated heterocycles. The number of nitrogens with one attached hydrogen (secondary N) is 1. The first kappa shape index (κ1) is 14.9. The van der Waals surface area contributed by atoms with Crippen molar-refractivity contribution in [2.45, 2.75) is 18.7 Å². The molecule has 1 aromatic rings. The Balaban J connectivity index is 3.05. The van der Waals surface area contributed by atoms with Crippen LogP contribution in [0.4, 0.5) is 10.1 Å². The van der Waals surface area contributed by atoms with Crippen molar-refractivity contribution in [2.24, 2.45) is 5.92 Å². The van der Waals surface area contributed by atoms with Gasteiger partial charge in [0.25, 0.3) is 0 Å². The maximum atomic E-state index is 13.8. The third-order valence-electron chi connectivity index (χ3n) is 2.47. The van der Waals surface area contributed by atoms with E-state index >= 15 is 0 Å². The Kier molecular flexibility index (Phi) is 4.66. The number of aliphatic hydroxyl groups is 1. The maximum absolute atomic E-state index is 13.8. The molecule has 18 heavy (non-hydrogen) atoms. The number of hydrogen-bond donors (Lipinski definition) is 3. The van der Waals surface area contributed by atoms with Gasteiger partial charge in [-0.25, -0.2) is 17.5 Å². The molecule has 7 heteroatoms. The van der Waals surface area contributed by atoms with Crippen LogP contribution in [0, 0.1) is 18.7 Å². The SMILES string of the molecule is Cc1cc(N)cc(S(=O)(=O)NCC(C)CO)c1F. The van der Waals surface area contributed by atoms with Crippen molar-refractivity contribution in [1.82, 2.24) is 4.72 Å². The Morgan fingerprint density at radius 1 is 1.50 bits per heavy atom. The maximum Gasteiger partial charge on any atom is 0.243 e. The number of halogens is 1. The molecule has 0 spiro atoms. The molecule has 102 valence electrons. The molecule has 0 heterocycles. The van der Waals surface area contributed by atoms with Gasteiger partial charge in [0, 0.05) is 18.8 Å². The minimum Gasteiger partial charge on any atom is -0.399 e. The van der Waals surface area contributed by atoms with Crippen LogP contribution in [0.2, 0.25) is 0 Å². The van der Waals surface area contributed by atoms with E-state index in [1.807, 2.05) is 0 Å². The number of nitrogen functional groups attached to an aromatic ring is 1. The number of sulfonamides is 1. The van der Waals surface area contributed by atoms with Crippen LogP contribution in [0.1, 0.15) is 12.5 Å². The minimum atomic E-state index is -3.96. The second-order valence-electron chi connectivity index (χ2n) is 4.29. The van der Waals surface area contributed by atoms with Crippen LogP contribution < -0.4 is 10.5 Å². The second kappa shape index (κ2) is 5.64. The number of nitrogens with two attached hydrogens (primary N) is 1. The fourth-order valence-corrected chi connectivity index (χ4v) is 2.70. The summed E-state index contributed by atoms with van der Waals surface area (Å²) in [7, 11) is -3.96. The molecule has 5 nitrogen and oxygen atoms in total. The lowest BCUT2D eigenvalue weighted by Crippen LogP contribution is -2.30. The molecule has 1 atom stereocenters. The van der Waals surface area contributed by atoms with E-state index in [1.165, 1.54) is 13.0 Å². The summed E-state index contributed by atoms with van der Waals surface area (Å²) in [5.41, 5.74) is 5.86. The van der Waals surface area contributed by atoms with E-state index in [0.717, 1.165) is 6.07 Å². The predicted molar refractivity (Wildman–Crippen MR) is 67.0 cm³/mol. The zero-order valence-electron chi connectivity index (χ0n) is 10.3. The molecule has 0 bridgehead atoms. The first-order chi connectivity index (χ1) is 8.27. The molecule has 0 aromatic heterocycles. The highest BCUT2D eigenvalue weighted by atomic mass is 32.2. The van der Waals surface area contributed by atoms with Crippen molar-refractivity contribution in [3.63, 3.8) is 0 Å². The highest BCUT2D eigenvalue weighted by Gasteiger charge is 2.21. The molecule has 0 aliphatic carbocycles. The fraction of sp³-hybridized carbons (Fsp3) is 0.455. The molecule has 0 saturated carbocycles. The molecule has 1 aromatic carbocycles. The van der Waals surface area contributed by atoms with Gasteiger partial charge in [0.15, 0.2) is 0 Å². The highest BCUT2D eigenvalue weighted by molar-refractivity contribution is 7.89. The molecule has 0 aliphatic rings. The Hall–Kier alpha value is -1.18.